The highest BCUT2D eigenvalue weighted by Gasteiger charge is 2.06. The van der Waals surface area contributed by atoms with E-state index in [1.54, 1.807) is 7.11 Å². The van der Waals surface area contributed by atoms with Crippen LogP contribution in [0.3, 0.4) is 0 Å². The van der Waals surface area contributed by atoms with Gasteiger partial charge in [0.25, 0.3) is 0 Å². The molecule has 0 atom stereocenters. The molecule has 1 N–H and O–H groups in total. The SMILES string of the molecule is COCCNCc1ccc(-c2cc(C)ccc2C)nc1C. The summed E-state index contributed by atoms with van der Waals surface area (Å²) >= 11 is 0. The molecule has 3 nitrogen and oxygen atoms in total. The molecule has 1 aromatic heterocycles. The van der Waals surface area contributed by atoms with Crippen LogP contribution >= 0.6 is 0 Å². The zero-order chi connectivity index (χ0) is 15.2. The number of nitrogens with zero attached hydrogens (tertiary/aromatic N) is 1. The van der Waals surface area contributed by atoms with E-state index in [2.05, 4.69) is 56.4 Å². The van der Waals surface area contributed by atoms with Crippen LogP contribution in [0.25, 0.3) is 11.3 Å². The molecule has 3 heteroatoms. The Morgan fingerprint density at radius 3 is 2.62 bits per heavy atom. The minimum atomic E-state index is 0.729. The van der Waals surface area contributed by atoms with Crippen molar-refractivity contribution in [3.8, 4) is 11.3 Å². The smallest absolute Gasteiger partial charge is 0.0708 e. The number of aryl methyl sites for hydroxylation is 3. The van der Waals surface area contributed by atoms with E-state index in [0.29, 0.717) is 0 Å². The van der Waals surface area contributed by atoms with E-state index >= 15 is 0 Å². The zero-order valence-corrected chi connectivity index (χ0v) is 13.4. The molecule has 1 aromatic carbocycles. The summed E-state index contributed by atoms with van der Waals surface area (Å²) in [7, 11) is 1.72. The molecule has 1 heterocycles. The van der Waals surface area contributed by atoms with Gasteiger partial charge in [-0.2, -0.15) is 0 Å². The van der Waals surface area contributed by atoms with Crippen LogP contribution in [-0.2, 0) is 11.3 Å². The summed E-state index contributed by atoms with van der Waals surface area (Å²) in [5.74, 6) is 0. The van der Waals surface area contributed by atoms with Gasteiger partial charge >= 0.3 is 0 Å². The minimum absolute atomic E-state index is 0.729. The van der Waals surface area contributed by atoms with Crippen molar-refractivity contribution in [1.82, 2.24) is 10.3 Å². The molecule has 0 aliphatic heterocycles. The molecule has 0 bridgehead atoms. The summed E-state index contributed by atoms with van der Waals surface area (Å²) in [5, 5.41) is 3.36. The molecule has 0 fully saturated rings. The first-order valence-electron chi connectivity index (χ1n) is 7.35. The van der Waals surface area contributed by atoms with E-state index in [9.17, 15) is 0 Å². The summed E-state index contributed by atoms with van der Waals surface area (Å²) < 4.78 is 5.03. The fourth-order valence-electron chi connectivity index (χ4n) is 2.34. The van der Waals surface area contributed by atoms with Gasteiger partial charge in [0.2, 0.25) is 0 Å². The van der Waals surface area contributed by atoms with Crippen LogP contribution in [0.15, 0.2) is 30.3 Å². The molecule has 112 valence electrons. The molecule has 2 aromatic rings. The molecule has 2 rings (SSSR count). The van der Waals surface area contributed by atoms with Crippen molar-refractivity contribution >= 4 is 0 Å². The van der Waals surface area contributed by atoms with Crippen molar-refractivity contribution in [3.05, 3.63) is 52.7 Å². The second-order valence-corrected chi connectivity index (χ2v) is 5.43. The lowest BCUT2D eigenvalue weighted by Crippen LogP contribution is -2.19. The largest absolute Gasteiger partial charge is 0.383 e. The fraction of sp³-hybridized carbons (Fsp3) is 0.389. The minimum Gasteiger partial charge on any atom is -0.383 e. The number of pyridine rings is 1. The molecule has 0 amide bonds. The Labute approximate surface area is 127 Å². The highest BCUT2D eigenvalue weighted by Crippen LogP contribution is 2.23. The van der Waals surface area contributed by atoms with Gasteiger partial charge in [-0.25, -0.2) is 0 Å². The van der Waals surface area contributed by atoms with E-state index in [1.165, 1.54) is 22.3 Å². The molecule has 21 heavy (non-hydrogen) atoms. The van der Waals surface area contributed by atoms with Gasteiger partial charge in [0.05, 0.1) is 12.3 Å². The Morgan fingerprint density at radius 2 is 1.90 bits per heavy atom. The van der Waals surface area contributed by atoms with Crippen LogP contribution in [0.2, 0.25) is 0 Å². The third-order valence-electron chi connectivity index (χ3n) is 3.66. The van der Waals surface area contributed by atoms with Crippen molar-refractivity contribution < 1.29 is 4.74 Å². The van der Waals surface area contributed by atoms with Crippen molar-refractivity contribution in [3.63, 3.8) is 0 Å². The lowest BCUT2D eigenvalue weighted by atomic mass is 10.0. The Morgan fingerprint density at radius 1 is 1.10 bits per heavy atom. The van der Waals surface area contributed by atoms with Crippen molar-refractivity contribution in [2.75, 3.05) is 20.3 Å². The second-order valence-electron chi connectivity index (χ2n) is 5.43. The normalized spacial score (nSPS) is 10.9. The lowest BCUT2D eigenvalue weighted by molar-refractivity contribution is 0.199. The van der Waals surface area contributed by atoms with Gasteiger partial charge in [0, 0.05) is 31.5 Å². The molecule has 0 aliphatic rings. The highest BCUT2D eigenvalue weighted by atomic mass is 16.5. The molecular formula is C18H24N2O. The molecular weight excluding hydrogens is 260 g/mol. The van der Waals surface area contributed by atoms with Crippen molar-refractivity contribution in [1.29, 1.82) is 0 Å². The van der Waals surface area contributed by atoms with Crippen LogP contribution in [0.4, 0.5) is 0 Å². The standard InChI is InChI=1S/C18H24N2O/c1-13-5-6-14(2)17(11-13)18-8-7-16(15(3)20-18)12-19-9-10-21-4/h5-8,11,19H,9-10,12H2,1-4H3. The maximum atomic E-state index is 5.03. The number of nitrogens with one attached hydrogen (secondary N) is 1. The summed E-state index contributed by atoms with van der Waals surface area (Å²) in [6.07, 6.45) is 0. The van der Waals surface area contributed by atoms with Crippen LogP contribution < -0.4 is 5.32 Å². The Balaban J connectivity index is 2.16. The number of hydrogen-bond acceptors (Lipinski definition) is 3. The van der Waals surface area contributed by atoms with Gasteiger partial charge in [0.15, 0.2) is 0 Å². The fourth-order valence-corrected chi connectivity index (χ4v) is 2.34. The van der Waals surface area contributed by atoms with Crippen LogP contribution in [0.1, 0.15) is 22.4 Å². The maximum absolute atomic E-state index is 5.03. The highest BCUT2D eigenvalue weighted by molar-refractivity contribution is 5.64. The molecule has 0 saturated heterocycles. The lowest BCUT2D eigenvalue weighted by Gasteiger charge is -2.11. The van der Waals surface area contributed by atoms with Crippen molar-refractivity contribution in [2.45, 2.75) is 27.3 Å². The number of aromatic nitrogens is 1. The zero-order valence-electron chi connectivity index (χ0n) is 13.4. The van der Waals surface area contributed by atoms with Gasteiger partial charge in [-0.05, 0) is 44.0 Å². The average Bonchev–Trinajstić information content (AvgIpc) is 2.47. The molecule has 0 aliphatic carbocycles. The van der Waals surface area contributed by atoms with E-state index in [0.717, 1.165) is 31.1 Å². The second kappa shape index (κ2) is 7.34. The van der Waals surface area contributed by atoms with Gasteiger partial charge in [-0.1, -0.05) is 23.8 Å². The van der Waals surface area contributed by atoms with E-state index in [1.807, 2.05) is 0 Å². The summed E-state index contributed by atoms with van der Waals surface area (Å²) in [6.45, 7) is 8.73. The van der Waals surface area contributed by atoms with Gasteiger partial charge in [-0.3, -0.25) is 4.98 Å². The first-order valence-corrected chi connectivity index (χ1v) is 7.35. The first-order chi connectivity index (χ1) is 10.1. The van der Waals surface area contributed by atoms with Crippen LogP contribution in [0, 0.1) is 20.8 Å². The van der Waals surface area contributed by atoms with Gasteiger partial charge in [0.1, 0.15) is 0 Å². The van der Waals surface area contributed by atoms with Crippen LogP contribution in [-0.4, -0.2) is 25.2 Å². The molecule has 0 spiro atoms. The van der Waals surface area contributed by atoms with Crippen LogP contribution in [0.5, 0.6) is 0 Å². The number of methoxy groups -OCH3 is 1. The maximum Gasteiger partial charge on any atom is 0.0708 e. The van der Waals surface area contributed by atoms with Crippen molar-refractivity contribution in [2.24, 2.45) is 0 Å². The van der Waals surface area contributed by atoms with E-state index < -0.39 is 0 Å². The first kappa shape index (κ1) is 15.7. The topological polar surface area (TPSA) is 34.1 Å². The van der Waals surface area contributed by atoms with Gasteiger partial charge < -0.3 is 10.1 Å². The van der Waals surface area contributed by atoms with E-state index in [-0.39, 0.29) is 0 Å². The predicted molar refractivity (Wildman–Crippen MR) is 87.5 cm³/mol. The third-order valence-corrected chi connectivity index (χ3v) is 3.66. The van der Waals surface area contributed by atoms with E-state index in [4.69, 9.17) is 9.72 Å². The number of hydrogen-bond donors (Lipinski definition) is 1. The summed E-state index contributed by atoms with van der Waals surface area (Å²) in [6, 6.07) is 10.8. The Kier molecular flexibility index (Phi) is 5.48. The predicted octanol–water partition coefficient (Wildman–Crippen LogP) is 3.41. The number of benzene rings is 1. The van der Waals surface area contributed by atoms with Gasteiger partial charge in [-0.15, -0.1) is 0 Å². The monoisotopic (exact) mass is 284 g/mol. The summed E-state index contributed by atoms with van der Waals surface area (Å²) in [4.78, 5) is 4.77. The molecule has 0 saturated carbocycles. The quantitative estimate of drug-likeness (QED) is 0.825. The molecule has 0 unspecified atom stereocenters. The number of ether oxygens (including phenoxy) is 1. The Hall–Kier alpha value is -1.71. The average molecular weight is 284 g/mol. The summed E-state index contributed by atoms with van der Waals surface area (Å²) in [5.41, 5.74) is 7.11. The number of rotatable bonds is 6. The third kappa shape index (κ3) is 4.13. The Bertz CT molecular complexity index is 608. The molecule has 0 radical (unpaired) electrons.